The molecule has 1 aliphatic heterocycles. The van der Waals surface area contributed by atoms with E-state index in [0.29, 0.717) is 11.9 Å². The fourth-order valence-corrected chi connectivity index (χ4v) is 3.37. The maximum atomic E-state index is 5.56. The van der Waals surface area contributed by atoms with Gasteiger partial charge in [0.05, 0.1) is 6.04 Å². The molecule has 6 nitrogen and oxygen atoms in total. The number of hydrogen-bond acceptors (Lipinski definition) is 6. The van der Waals surface area contributed by atoms with Gasteiger partial charge < -0.3 is 9.84 Å². The lowest BCUT2D eigenvalue weighted by atomic mass is 9.91. The van der Waals surface area contributed by atoms with Gasteiger partial charge in [-0.2, -0.15) is 4.98 Å². The van der Waals surface area contributed by atoms with Crippen LogP contribution in [-0.2, 0) is 0 Å². The SMILES string of the molecule is CNc1ccc(-c2noc([C@H]3CCCN3C3CCC3)n2)cn1. The molecule has 1 N–H and O–H groups in total. The van der Waals surface area contributed by atoms with E-state index in [1.807, 2.05) is 19.2 Å². The number of pyridine rings is 1. The zero-order chi connectivity index (χ0) is 14.9. The van der Waals surface area contributed by atoms with Gasteiger partial charge in [-0.3, -0.25) is 4.90 Å². The van der Waals surface area contributed by atoms with E-state index < -0.39 is 0 Å². The first-order valence-corrected chi connectivity index (χ1v) is 8.08. The third-order valence-electron chi connectivity index (χ3n) is 4.84. The Bertz CT molecular complexity index is 634. The molecule has 6 heteroatoms. The number of nitrogens with one attached hydrogen (secondary N) is 1. The van der Waals surface area contributed by atoms with E-state index in [9.17, 15) is 0 Å². The summed E-state index contributed by atoms with van der Waals surface area (Å²) in [5.41, 5.74) is 0.891. The quantitative estimate of drug-likeness (QED) is 0.936. The van der Waals surface area contributed by atoms with Gasteiger partial charge in [-0.25, -0.2) is 4.98 Å². The van der Waals surface area contributed by atoms with Crippen molar-refractivity contribution in [2.75, 3.05) is 18.9 Å². The Balaban J connectivity index is 1.55. The van der Waals surface area contributed by atoms with Crippen LogP contribution < -0.4 is 5.32 Å². The Hall–Kier alpha value is -1.95. The molecule has 1 atom stereocenters. The van der Waals surface area contributed by atoms with Gasteiger partial charge in [-0.1, -0.05) is 11.6 Å². The van der Waals surface area contributed by atoms with Crippen LogP contribution in [0.3, 0.4) is 0 Å². The average molecular weight is 299 g/mol. The summed E-state index contributed by atoms with van der Waals surface area (Å²) in [6.45, 7) is 1.16. The van der Waals surface area contributed by atoms with E-state index in [4.69, 9.17) is 4.52 Å². The summed E-state index contributed by atoms with van der Waals surface area (Å²) < 4.78 is 5.56. The van der Waals surface area contributed by atoms with Gasteiger partial charge in [-0.05, 0) is 44.4 Å². The molecule has 0 bridgehead atoms. The van der Waals surface area contributed by atoms with Crippen molar-refractivity contribution in [2.45, 2.75) is 44.2 Å². The largest absolute Gasteiger partial charge is 0.373 e. The standard InChI is InChI=1S/C16H21N5O/c1-17-14-8-7-11(10-18-14)15-19-16(22-20-15)13-6-3-9-21(13)12-4-2-5-12/h7-8,10,12-13H,2-6,9H2,1H3,(H,17,18)/t13-/m1/s1. The van der Waals surface area contributed by atoms with Gasteiger partial charge in [0.1, 0.15) is 5.82 Å². The molecule has 2 aliphatic rings. The maximum absolute atomic E-state index is 5.56. The number of anilines is 1. The van der Waals surface area contributed by atoms with Crippen LogP contribution >= 0.6 is 0 Å². The second kappa shape index (κ2) is 5.68. The Morgan fingerprint density at radius 3 is 2.82 bits per heavy atom. The molecule has 116 valence electrons. The summed E-state index contributed by atoms with van der Waals surface area (Å²) in [5, 5.41) is 7.16. The molecule has 1 saturated carbocycles. The third kappa shape index (κ3) is 2.37. The predicted octanol–water partition coefficient (Wildman–Crippen LogP) is 2.86. The van der Waals surface area contributed by atoms with Crippen molar-refractivity contribution in [3.63, 3.8) is 0 Å². The predicted molar refractivity (Wildman–Crippen MR) is 83.4 cm³/mol. The molecule has 4 rings (SSSR count). The van der Waals surface area contributed by atoms with E-state index in [1.54, 1.807) is 6.20 Å². The topological polar surface area (TPSA) is 67.1 Å². The van der Waals surface area contributed by atoms with E-state index in [0.717, 1.165) is 36.3 Å². The number of hydrogen-bond donors (Lipinski definition) is 1. The van der Waals surface area contributed by atoms with Gasteiger partial charge in [0.15, 0.2) is 0 Å². The van der Waals surface area contributed by atoms with Crippen molar-refractivity contribution < 1.29 is 4.52 Å². The smallest absolute Gasteiger partial charge is 0.244 e. The number of likely N-dealkylation sites (tertiary alicyclic amines) is 1. The van der Waals surface area contributed by atoms with Gasteiger partial charge in [-0.15, -0.1) is 0 Å². The highest BCUT2D eigenvalue weighted by Gasteiger charge is 2.37. The lowest BCUT2D eigenvalue weighted by Crippen LogP contribution is -2.39. The lowest BCUT2D eigenvalue weighted by molar-refractivity contribution is 0.0966. The van der Waals surface area contributed by atoms with Crippen LogP contribution in [0, 0.1) is 0 Å². The van der Waals surface area contributed by atoms with E-state index >= 15 is 0 Å². The Labute approximate surface area is 129 Å². The van der Waals surface area contributed by atoms with Crippen molar-refractivity contribution in [2.24, 2.45) is 0 Å². The highest BCUT2D eigenvalue weighted by Crippen LogP contribution is 2.38. The Morgan fingerprint density at radius 1 is 1.23 bits per heavy atom. The number of aromatic nitrogens is 3. The first-order valence-electron chi connectivity index (χ1n) is 8.08. The molecule has 22 heavy (non-hydrogen) atoms. The molecular weight excluding hydrogens is 278 g/mol. The van der Waals surface area contributed by atoms with Crippen molar-refractivity contribution in [3.8, 4) is 11.4 Å². The van der Waals surface area contributed by atoms with Crippen LogP contribution in [0.1, 0.15) is 44.0 Å². The Kier molecular flexibility index (Phi) is 3.54. The fourth-order valence-electron chi connectivity index (χ4n) is 3.37. The normalized spacial score (nSPS) is 22.7. The third-order valence-corrected chi connectivity index (χ3v) is 4.84. The summed E-state index contributed by atoms with van der Waals surface area (Å²) >= 11 is 0. The van der Waals surface area contributed by atoms with Crippen molar-refractivity contribution >= 4 is 5.82 Å². The first kappa shape index (κ1) is 13.7. The average Bonchev–Trinajstić information content (AvgIpc) is 3.14. The molecule has 0 radical (unpaired) electrons. The van der Waals surface area contributed by atoms with Crippen LogP contribution in [0.5, 0.6) is 0 Å². The molecule has 0 aromatic carbocycles. The van der Waals surface area contributed by atoms with Crippen LogP contribution in [0.25, 0.3) is 11.4 Å². The number of nitrogens with zero attached hydrogens (tertiary/aromatic N) is 4. The monoisotopic (exact) mass is 299 g/mol. The van der Waals surface area contributed by atoms with Gasteiger partial charge in [0.25, 0.3) is 0 Å². The number of rotatable bonds is 4. The minimum absolute atomic E-state index is 0.302. The van der Waals surface area contributed by atoms with Crippen molar-refractivity contribution in [3.05, 3.63) is 24.2 Å². The van der Waals surface area contributed by atoms with Crippen LogP contribution in [0.4, 0.5) is 5.82 Å². The van der Waals surface area contributed by atoms with Gasteiger partial charge in [0, 0.05) is 24.8 Å². The minimum atomic E-state index is 0.302. The van der Waals surface area contributed by atoms with Crippen LogP contribution in [0.15, 0.2) is 22.9 Å². The summed E-state index contributed by atoms with van der Waals surface area (Å²) in [6.07, 6.45) is 8.09. The Morgan fingerprint density at radius 2 is 2.14 bits per heavy atom. The van der Waals surface area contributed by atoms with Crippen molar-refractivity contribution in [1.29, 1.82) is 0 Å². The van der Waals surface area contributed by atoms with Crippen molar-refractivity contribution in [1.82, 2.24) is 20.0 Å². The summed E-state index contributed by atoms with van der Waals surface area (Å²) in [6, 6.07) is 4.91. The zero-order valence-electron chi connectivity index (χ0n) is 12.8. The summed E-state index contributed by atoms with van der Waals surface area (Å²) in [5.74, 6) is 2.22. The van der Waals surface area contributed by atoms with E-state index in [-0.39, 0.29) is 0 Å². The first-order chi connectivity index (χ1) is 10.8. The van der Waals surface area contributed by atoms with Gasteiger partial charge >= 0.3 is 0 Å². The fraction of sp³-hybridized carbons (Fsp3) is 0.562. The summed E-state index contributed by atoms with van der Waals surface area (Å²) in [7, 11) is 1.85. The molecule has 0 spiro atoms. The molecule has 0 amide bonds. The molecule has 1 aliphatic carbocycles. The highest BCUT2D eigenvalue weighted by molar-refractivity contribution is 5.55. The van der Waals surface area contributed by atoms with Crippen LogP contribution in [-0.4, -0.2) is 39.7 Å². The van der Waals surface area contributed by atoms with E-state index in [2.05, 4.69) is 25.3 Å². The highest BCUT2D eigenvalue weighted by atomic mass is 16.5. The van der Waals surface area contributed by atoms with Crippen LogP contribution in [0.2, 0.25) is 0 Å². The molecular formula is C16H21N5O. The molecule has 2 aromatic heterocycles. The molecule has 2 aromatic rings. The van der Waals surface area contributed by atoms with E-state index in [1.165, 1.54) is 25.7 Å². The second-order valence-electron chi connectivity index (χ2n) is 6.12. The van der Waals surface area contributed by atoms with Gasteiger partial charge in [0.2, 0.25) is 11.7 Å². The minimum Gasteiger partial charge on any atom is -0.373 e. The lowest BCUT2D eigenvalue weighted by Gasteiger charge is -2.37. The second-order valence-corrected chi connectivity index (χ2v) is 6.12. The molecule has 3 heterocycles. The summed E-state index contributed by atoms with van der Waals surface area (Å²) in [4.78, 5) is 11.5. The molecule has 1 saturated heterocycles. The molecule has 0 unspecified atom stereocenters. The molecule has 2 fully saturated rings. The zero-order valence-corrected chi connectivity index (χ0v) is 12.8. The maximum Gasteiger partial charge on any atom is 0.244 e.